The smallest absolute Gasteiger partial charge is 0.223 e. The minimum atomic E-state index is -0.262. The maximum absolute atomic E-state index is 12.7. The van der Waals surface area contributed by atoms with Crippen molar-refractivity contribution in [3.63, 3.8) is 0 Å². The topological polar surface area (TPSA) is 116 Å². The van der Waals surface area contributed by atoms with Gasteiger partial charge in [-0.2, -0.15) is 5.10 Å². The number of carbonyl (C=O) groups excluding carboxylic acids is 2. The average Bonchev–Trinajstić information content (AvgIpc) is 3.52. The molecule has 0 aliphatic carbocycles. The fourth-order valence-electron chi connectivity index (χ4n) is 5.45. The molecule has 4 aliphatic heterocycles. The number of amides is 2. The fraction of sp³-hybridized carbons (Fsp3) is 0.577. The van der Waals surface area contributed by atoms with Crippen LogP contribution in [-0.2, 0) is 9.59 Å². The van der Waals surface area contributed by atoms with Gasteiger partial charge in [-0.05, 0) is 43.4 Å². The van der Waals surface area contributed by atoms with Gasteiger partial charge in [0, 0.05) is 44.2 Å². The summed E-state index contributed by atoms with van der Waals surface area (Å²) in [5.74, 6) is 1.53. The highest BCUT2D eigenvalue weighted by molar-refractivity contribution is 5.89. The summed E-state index contributed by atoms with van der Waals surface area (Å²) in [6.07, 6.45) is 9.53. The lowest BCUT2D eigenvalue weighted by atomic mass is 9.96. The first kappa shape index (κ1) is 24.4. The number of nitrogens with two attached hydrogens (primary N) is 1. The van der Waals surface area contributed by atoms with E-state index in [1.165, 1.54) is 5.56 Å². The molecule has 1 aromatic rings. The van der Waals surface area contributed by atoms with Crippen molar-refractivity contribution in [3.8, 4) is 5.75 Å². The third-order valence-electron chi connectivity index (χ3n) is 7.68. The Morgan fingerprint density at radius 1 is 1.17 bits per heavy atom. The summed E-state index contributed by atoms with van der Waals surface area (Å²) >= 11 is 0. The molecular weight excluding hydrogens is 458 g/mol. The minimum absolute atomic E-state index is 0.0283. The van der Waals surface area contributed by atoms with Crippen molar-refractivity contribution in [2.45, 2.75) is 70.1 Å². The number of hydrazone groups is 1. The number of piperidine rings is 1. The lowest BCUT2D eigenvalue weighted by Crippen LogP contribution is -2.54. The van der Waals surface area contributed by atoms with E-state index in [1.54, 1.807) is 0 Å². The zero-order valence-corrected chi connectivity index (χ0v) is 20.9. The van der Waals surface area contributed by atoms with Crippen LogP contribution in [0.2, 0.25) is 0 Å². The molecule has 1 aromatic carbocycles. The highest BCUT2D eigenvalue weighted by Gasteiger charge is 2.44. The monoisotopic (exact) mass is 495 g/mol. The SMILES string of the molecule is CCCCOc1ccc(C2CC3C4NN=C(CCC(=O)N5CCC(C(N)=O)CC5)N4C=CN3N2)cc1. The van der Waals surface area contributed by atoms with Gasteiger partial charge in [-0.15, -0.1) is 0 Å². The molecule has 10 nitrogen and oxygen atoms in total. The molecule has 3 atom stereocenters. The molecule has 0 aromatic heterocycles. The number of fused-ring (bicyclic) bond motifs is 3. The van der Waals surface area contributed by atoms with Gasteiger partial charge in [0.15, 0.2) is 0 Å². The zero-order valence-electron chi connectivity index (χ0n) is 20.9. The van der Waals surface area contributed by atoms with Gasteiger partial charge in [-0.1, -0.05) is 25.5 Å². The molecule has 5 rings (SSSR count). The van der Waals surface area contributed by atoms with E-state index in [0.717, 1.165) is 37.5 Å². The lowest BCUT2D eigenvalue weighted by Gasteiger charge is -2.37. The van der Waals surface area contributed by atoms with E-state index in [4.69, 9.17) is 10.5 Å². The molecule has 2 fully saturated rings. The number of unbranched alkanes of at least 4 members (excludes halogenated alkanes) is 1. The van der Waals surface area contributed by atoms with E-state index in [0.29, 0.717) is 38.8 Å². The summed E-state index contributed by atoms with van der Waals surface area (Å²) in [6, 6.07) is 8.80. The molecular formula is C26H37N7O3. The lowest BCUT2D eigenvalue weighted by molar-refractivity contribution is -0.134. The second-order valence-corrected chi connectivity index (χ2v) is 10.0. The molecule has 0 bridgehead atoms. The van der Waals surface area contributed by atoms with Crippen LogP contribution in [0, 0.1) is 5.92 Å². The summed E-state index contributed by atoms with van der Waals surface area (Å²) in [6.45, 7) is 4.11. The number of nitrogens with zero attached hydrogens (tertiary/aromatic N) is 4. The third kappa shape index (κ3) is 5.13. The molecule has 4 heterocycles. The summed E-state index contributed by atoms with van der Waals surface area (Å²) < 4.78 is 5.80. The van der Waals surface area contributed by atoms with Crippen molar-refractivity contribution in [1.29, 1.82) is 0 Å². The van der Waals surface area contributed by atoms with Crippen LogP contribution in [0.4, 0.5) is 0 Å². The number of primary amides is 1. The van der Waals surface area contributed by atoms with E-state index in [2.05, 4.69) is 63.3 Å². The summed E-state index contributed by atoms with van der Waals surface area (Å²) in [5.41, 5.74) is 13.5. The number of hydrogen-bond donors (Lipinski definition) is 3. The average molecular weight is 496 g/mol. The van der Waals surface area contributed by atoms with E-state index in [9.17, 15) is 9.59 Å². The minimum Gasteiger partial charge on any atom is -0.494 e. The maximum atomic E-state index is 12.7. The number of nitrogens with one attached hydrogen (secondary N) is 2. The van der Waals surface area contributed by atoms with Gasteiger partial charge in [0.2, 0.25) is 11.8 Å². The van der Waals surface area contributed by atoms with Crippen LogP contribution in [0.5, 0.6) is 5.75 Å². The molecule has 10 heteroatoms. The van der Waals surface area contributed by atoms with Crippen molar-refractivity contribution >= 4 is 17.6 Å². The first-order valence-electron chi connectivity index (χ1n) is 13.2. The van der Waals surface area contributed by atoms with Crippen molar-refractivity contribution in [3.05, 3.63) is 42.2 Å². The molecule has 36 heavy (non-hydrogen) atoms. The number of carbonyl (C=O) groups is 2. The highest BCUT2D eigenvalue weighted by atomic mass is 16.5. The number of hydrogen-bond acceptors (Lipinski definition) is 8. The van der Waals surface area contributed by atoms with Crippen LogP contribution in [0.1, 0.15) is 63.5 Å². The van der Waals surface area contributed by atoms with Crippen molar-refractivity contribution in [2.75, 3.05) is 19.7 Å². The Bertz CT molecular complexity index is 1000. The third-order valence-corrected chi connectivity index (χ3v) is 7.68. The molecule has 0 spiro atoms. The normalized spacial score (nSPS) is 25.3. The summed E-state index contributed by atoms with van der Waals surface area (Å²) in [7, 11) is 0. The predicted molar refractivity (Wildman–Crippen MR) is 136 cm³/mol. The Morgan fingerprint density at radius 2 is 1.94 bits per heavy atom. The number of amidine groups is 1. The Labute approximate surface area is 212 Å². The van der Waals surface area contributed by atoms with Gasteiger partial charge in [-0.3, -0.25) is 15.0 Å². The Balaban J connectivity index is 1.12. The molecule has 4 aliphatic rings. The maximum Gasteiger partial charge on any atom is 0.223 e. The second-order valence-electron chi connectivity index (χ2n) is 10.0. The van der Waals surface area contributed by atoms with Gasteiger partial charge in [0.05, 0.1) is 18.7 Å². The van der Waals surface area contributed by atoms with Crippen molar-refractivity contribution in [1.82, 2.24) is 25.7 Å². The first-order valence-corrected chi connectivity index (χ1v) is 13.2. The van der Waals surface area contributed by atoms with Crippen LogP contribution in [0.3, 0.4) is 0 Å². The number of rotatable bonds is 9. The number of hydrazine groups is 1. The van der Waals surface area contributed by atoms with Gasteiger partial charge in [-0.25, -0.2) is 5.43 Å². The van der Waals surface area contributed by atoms with E-state index in [1.807, 2.05) is 11.1 Å². The first-order chi connectivity index (χ1) is 17.5. The molecule has 2 saturated heterocycles. The largest absolute Gasteiger partial charge is 0.494 e. The standard InChI is InChI=1S/C26H37N7O3/c1-2-3-16-36-20-6-4-18(5-7-20)21-17-22-26-29-28-23(32(26)14-15-33(22)30-21)8-9-24(34)31-12-10-19(11-13-31)25(27)35/h4-7,14-15,19,21-22,26,29-30H,2-3,8-13,16-17H2,1H3,(H2,27,35). The number of likely N-dealkylation sites (tertiary alicyclic amines) is 1. The number of ether oxygens (including phenoxy) is 1. The summed E-state index contributed by atoms with van der Waals surface area (Å²) in [4.78, 5) is 28.1. The summed E-state index contributed by atoms with van der Waals surface area (Å²) in [5, 5.41) is 6.74. The molecule has 0 radical (unpaired) electrons. The van der Waals surface area contributed by atoms with Gasteiger partial charge in [0.1, 0.15) is 17.8 Å². The Kier molecular flexibility index (Phi) is 7.31. The van der Waals surface area contributed by atoms with E-state index < -0.39 is 0 Å². The molecule has 0 saturated carbocycles. The second kappa shape index (κ2) is 10.8. The molecule has 2 amide bonds. The molecule has 4 N–H and O–H groups in total. The van der Waals surface area contributed by atoms with Gasteiger partial charge in [0.25, 0.3) is 0 Å². The van der Waals surface area contributed by atoms with E-state index >= 15 is 0 Å². The van der Waals surface area contributed by atoms with Crippen LogP contribution >= 0.6 is 0 Å². The Hall–Kier alpha value is -3.27. The Morgan fingerprint density at radius 3 is 2.67 bits per heavy atom. The van der Waals surface area contributed by atoms with Crippen LogP contribution < -0.4 is 21.3 Å². The zero-order chi connectivity index (χ0) is 25.1. The fourth-order valence-corrected chi connectivity index (χ4v) is 5.45. The van der Waals surface area contributed by atoms with Crippen molar-refractivity contribution in [2.24, 2.45) is 16.8 Å². The van der Waals surface area contributed by atoms with Gasteiger partial charge < -0.3 is 25.3 Å². The van der Waals surface area contributed by atoms with Crippen LogP contribution in [0.15, 0.2) is 41.8 Å². The van der Waals surface area contributed by atoms with E-state index in [-0.39, 0.29) is 36.0 Å². The predicted octanol–water partition coefficient (Wildman–Crippen LogP) is 2.02. The number of benzene rings is 1. The van der Waals surface area contributed by atoms with Crippen LogP contribution in [-0.4, -0.2) is 64.4 Å². The van der Waals surface area contributed by atoms with Crippen molar-refractivity contribution < 1.29 is 14.3 Å². The van der Waals surface area contributed by atoms with Crippen LogP contribution in [0.25, 0.3) is 0 Å². The molecule has 3 unspecified atom stereocenters. The highest BCUT2D eigenvalue weighted by Crippen LogP contribution is 2.35. The van der Waals surface area contributed by atoms with Gasteiger partial charge >= 0.3 is 0 Å². The quantitative estimate of drug-likeness (QED) is 0.449. The molecule has 194 valence electrons.